The Morgan fingerprint density at radius 2 is 2.25 bits per heavy atom. The van der Waals surface area contributed by atoms with E-state index in [2.05, 4.69) is 16.5 Å². The molecule has 0 aliphatic heterocycles. The molecule has 0 amide bonds. The predicted octanol–water partition coefficient (Wildman–Crippen LogP) is 4.01. The minimum atomic E-state index is 0.454. The number of halogens is 2. The van der Waals surface area contributed by atoms with Gasteiger partial charge in [-0.3, -0.25) is 0 Å². The molecule has 2 nitrogen and oxygen atoms in total. The van der Waals surface area contributed by atoms with Crippen LogP contribution in [0.4, 0.5) is 0 Å². The van der Waals surface area contributed by atoms with Gasteiger partial charge < -0.3 is 4.57 Å². The lowest BCUT2D eigenvalue weighted by atomic mass is 10.3. The molecule has 0 N–H and O–H groups in total. The minimum absolute atomic E-state index is 0.454. The van der Waals surface area contributed by atoms with Crippen LogP contribution in [0, 0.1) is 5.92 Å². The third kappa shape index (κ3) is 1.52. The molecule has 2 unspecified atom stereocenters. The fourth-order valence-corrected chi connectivity index (χ4v) is 2.60. The highest BCUT2D eigenvalue weighted by Gasteiger charge is 2.36. The highest BCUT2D eigenvalue weighted by Crippen LogP contribution is 2.45. The average molecular weight is 255 g/mol. The van der Waals surface area contributed by atoms with E-state index in [1.54, 1.807) is 0 Å². The summed E-state index contributed by atoms with van der Waals surface area (Å²) in [4.78, 5) is 4.53. The summed E-state index contributed by atoms with van der Waals surface area (Å²) >= 11 is 11.9. The van der Waals surface area contributed by atoms with Gasteiger partial charge in [-0.1, -0.05) is 18.5 Å². The Labute approximate surface area is 104 Å². The molecule has 3 rings (SSSR count). The number of rotatable bonds is 2. The quantitative estimate of drug-likeness (QED) is 0.741. The molecule has 2 atom stereocenters. The van der Waals surface area contributed by atoms with Gasteiger partial charge in [0.05, 0.1) is 16.9 Å². The van der Waals surface area contributed by atoms with Gasteiger partial charge in [0.1, 0.15) is 5.82 Å². The van der Waals surface area contributed by atoms with E-state index in [4.69, 9.17) is 23.2 Å². The maximum absolute atomic E-state index is 5.97. The van der Waals surface area contributed by atoms with Crippen molar-refractivity contribution in [2.24, 2.45) is 5.92 Å². The Balaban J connectivity index is 2.23. The van der Waals surface area contributed by atoms with Gasteiger partial charge >= 0.3 is 0 Å². The van der Waals surface area contributed by atoms with Crippen LogP contribution < -0.4 is 0 Å². The van der Waals surface area contributed by atoms with Crippen molar-refractivity contribution in [3.63, 3.8) is 0 Å². The second kappa shape index (κ2) is 3.64. The van der Waals surface area contributed by atoms with E-state index < -0.39 is 0 Å². The second-order valence-electron chi connectivity index (χ2n) is 4.45. The zero-order valence-electron chi connectivity index (χ0n) is 8.95. The van der Waals surface area contributed by atoms with Gasteiger partial charge in [-0.05, 0) is 30.5 Å². The fraction of sp³-hybridized carbons (Fsp3) is 0.417. The SMILES string of the molecule is CC1CC1n1c(CCl)nc2cc(Cl)ccc21. The van der Waals surface area contributed by atoms with Gasteiger partial charge in [-0.15, -0.1) is 11.6 Å². The van der Waals surface area contributed by atoms with Crippen LogP contribution in [-0.2, 0) is 5.88 Å². The number of fused-ring (bicyclic) bond motifs is 1. The third-order valence-corrected chi connectivity index (χ3v) is 3.72. The molecule has 4 heteroatoms. The van der Waals surface area contributed by atoms with Gasteiger partial charge in [0.2, 0.25) is 0 Å². The first-order valence-corrected chi connectivity index (χ1v) is 6.34. The zero-order chi connectivity index (χ0) is 11.3. The normalized spacial score (nSPS) is 23.9. The van der Waals surface area contributed by atoms with Crippen molar-refractivity contribution >= 4 is 34.2 Å². The molecule has 1 aliphatic rings. The van der Waals surface area contributed by atoms with Crippen LogP contribution in [0.25, 0.3) is 11.0 Å². The van der Waals surface area contributed by atoms with Crippen molar-refractivity contribution in [1.82, 2.24) is 9.55 Å². The van der Waals surface area contributed by atoms with Crippen molar-refractivity contribution < 1.29 is 0 Å². The van der Waals surface area contributed by atoms with E-state index in [1.807, 2.05) is 18.2 Å². The molecule has 1 aliphatic carbocycles. The maximum atomic E-state index is 5.97. The van der Waals surface area contributed by atoms with Crippen LogP contribution >= 0.6 is 23.2 Å². The Morgan fingerprint density at radius 1 is 1.50 bits per heavy atom. The molecule has 1 heterocycles. The van der Waals surface area contributed by atoms with Crippen LogP contribution in [0.5, 0.6) is 0 Å². The predicted molar refractivity (Wildman–Crippen MR) is 67.1 cm³/mol. The summed E-state index contributed by atoms with van der Waals surface area (Å²) in [5.74, 6) is 2.14. The van der Waals surface area contributed by atoms with Crippen LogP contribution in [0.1, 0.15) is 25.2 Å². The summed E-state index contributed by atoms with van der Waals surface area (Å²) in [6.07, 6.45) is 1.22. The lowest BCUT2D eigenvalue weighted by Gasteiger charge is -2.05. The molecule has 1 aromatic heterocycles. The lowest BCUT2D eigenvalue weighted by molar-refractivity contribution is 0.678. The van der Waals surface area contributed by atoms with E-state index in [0.29, 0.717) is 11.9 Å². The first-order valence-electron chi connectivity index (χ1n) is 5.43. The molecular formula is C12H12Cl2N2. The van der Waals surface area contributed by atoms with Gasteiger partial charge in [0.15, 0.2) is 0 Å². The molecule has 0 saturated heterocycles. The smallest absolute Gasteiger partial charge is 0.125 e. The number of hydrogen-bond donors (Lipinski definition) is 0. The number of nitrogens with zero attached hydrogens (tertiary/aromatic N) is 2. The number of aromatic nitrogens is 2. The van der Waals surface area contributed by atoms with Crippen molar-refractivity contribution in [2.45, 2.75) is 25.3 Å². The third-order valence-electron chi connectivity index (χ3n) is 3.24. The second-order valence-corrected chi connectivity index (χ2v) is 5.15. The summed E-state index contributed by atoms with van der Waals surface area (Å²) in [6, 6.07) is 6.41. The standard InChI is InChI=1S/C12H12Cl2N2/c1-7-4-11(7)16-10-3-2-8(14)5-9(10)15-12(16)6-13/h2-3,5,7,11H,4,6H2,1H3. The molecule has 1 saturated carbocycles. The number of imidazole rings is 1. The van der Waals surface area contributed by atoms with Crippen LogP contribution in [-0.4, -0.2) is 9.55 Å². The van der Waals surface area contributed by atoms with Crippen LogP contribution in [0.3, 0.4) is 0 Å². The fourth-order valence-electron chi connectivity index (χ4n) is 2.25. The van der Waals surface area contributed by atoms with Crippen molar-refractivity contribution in [2.75, 3.05) is 0 Å². The molecule has 2 aromatic rings. The van der Waals surface area contributed by atoms with Crippen LogP contribution in [0.15, 0.2) is 18.2 Å². The topological polar surface area (TPSA) is 17.8 Å². The maximum Gasteiger partial charge on any atom is 0.125 e. The summed E-state index contributed by atoms with van der Waals surface area (Å²) in [5, 5.41) is 0.724. The van der Waals surface area contributed by atoms with E-state index in [0.717, 1.165) is 27.8 Å². The number of hydrogen-bond acceptors (Lipinski definition) is 1. The monoisotopic (exact) mass is 254 g/mol. The van der Waals surface area contributed by atoms with Gasteiger partial charge in [-0.25, -0.2) is 4.98 Å². The summed E-state index contributed by atoms with van der Waals surface area (Å²) in [6.45, 7) is 2.25. The molecule has 0 radical (unpaired) electrons. The average Bonchev–Trinajstić information content (AvgIpc) is 2.86. The van der Waals surface area contributed by atoms with Crippen molar-refractivity contribution in [3.8, 4) is 0 Å². The Hall–Kier alpha value is -0.730. The summed E-state index contributed by atoms with van der Waals surface area (Å²) in [5.41, 5.74) is 2.09. The summed E-state index contributed by atoms with van der Waals surface area (Å²) in [7, 11) is 0. The molecule has 84 valence electrons. The first-order chi connectivity index (χ1) is 7.70. The number of alkyl halides is 1. The molecule has 16 heavy (non-hydrogen) atoms. The van der Waals surface area contributed by atoms with Crippen molar-refractivity contribution in [1.29, 1.82) is 0 Å². The Bertz CT molecular complexity index is 547. The Morgan fingerprint density at radius 3 is 2.88 bits per heavy atom. The molecule has 1 fully saturated rings. The minimum Gasteiger partial charge on any atom is -0.324 e. The highest BCUT2D eigenvalue weighted by molar-refractivity contribution is 6.31. The highest BCUT2D eigenvalue weighted by atomic mass is 35.5. The Kier molecular flexibility index (Phi) is 2.37. The van der Waals surface area contributed by atoms with E-state index in [9.17, 15) is 0 Å². The van der Waals surface area contributed by atoms with E-state index in [1.165, 1.54) is 6.42 Å². The van der Waals surface area contributed by atoms with Gasteiger partial charge in [0, 0.05) is 11.1 Å². The van der Waals surface area contributed by atoms with Crippen LogP contribution in [0.2, 0.25) is 5.02 Å². The first kappa shape index (κ1) is 10.4. The van der Waals surface area contributed by atoms with Gasteiger partial charge in [0.25, 0.3) is 0 Å². The summed E-state index contributed by atoms with van der Waals surface area (Å²) < 4.78 is 2.27. The molecule has 1 aromatic carbocycles. The zero-order valence-corrected chi connectivity index (χ0v) is 10.5. The largest absolute Gasteiger partial charge is 0.324 e. The van der Waals surface area contributed by atoms with E-state index >= 15 is 0 Å². The molecular weight excluding hydrogens is 243 g/mol. The number of benzene rings is 1. The van der Waals surface area contributed by atoms with E-state index in [-0.39, 0.29) is 0 Å². The van der Waals surface area contributed by atoms with Gasteiger partial charge in [-0.2, -0.15) is 0 Å². The van der Waals surface area contributed by atoms with Crippen molar-refractivity contribution in [3.05, 3.63) is 29.0 Å². The molecule has 0 bridgehead atoms. The lowest BCUT2D eigenvalue weighted by Crippen LogP contribution is -2.00. The molecule has 0 spiro atoms.